The average molecular weight is 315 g/mol. The molecule has 0 radical (unpaired) electrons. The fourth-order valence-electron chi connectivity index (χ4n) is 2.11. The van der Waals surface area contributed by atoms with Crippen LogP contribution in [0.5, 0.6) is 0 Å². The third-order valence-electron chi connectivity index (χ3n) is 3.13. The van der Waals surface area contributed by atoms with Crippen molar-refractivity contribution in [2.24, 2.45) is 7.05 Å². The summed E-state index contributed by atoms with van der Waals surface area (Å²) in [5, 5.41) is 1.24. The van der Waals surface area contributed by atoms with Gasteiger partial charge in [-0.05, 0) is 46.3 Å². The smallest absolute Gasteiger partial charge is 0.212 e. The summed E-state index contributed by atoms with van der Waals surface area (Å²) in [5.74, 6) is 0.833. The summed E-state index contributed by atoms with van der Waals surface area (Å²) in [6.07, 6.45) is 4.02. The Bertz CT molecular complexity index is 758. The Morgan fingerprint density at radius 1 is 1.00 bits per heavy atom. The van der Waals surface area contributed by atoms with Gasteiger partial charge in [-0.3, -0.25) is 0 Å². The van der Waals surface area contributed by atoms with Gasteiger partial charge in [0.15, 0.2) is 4.67 Å². The lowest BCUT2D eigenvalue weighted by molar-refractivity contribution is -0.646. The van der Waals surface area contributed by atoms with Gasteiger partial charge in [0.05, 0.1) is 0 Å². The van der Waals surface area contributed by atoms with E-state index in [0.717, 1.165) is 16.1 Å². The summed E-state index contributed by atoms with van der Waals surface area (Å²) in [7, 11) is 2.07. The lowest BCUT2D eigenvalue weighted by Crippen LogP contribution is -2.32. The van der Waals surface area contributed by atoms with Crippen LogP contribution in [0.15, 0.2) is 57.6 Å². The van der Waals surface area contributed by atoms with Crippen LogP contribution in [-0.4, -0.2) is 0 Å². The second kappa shape index (κ2) is 5.02. The Morgan fingerprint density at radius 2 is 1.84 bits per heavy atom. The standard InChI is InChI=1S/C16H13BrNO/c1-18-13(8-9-14-10-11-16(17)19-14)7-6-12-4-2-3-5-15(12)18/h2-11H,1H3/q+1/b9-8+. The zero-order valence-corrected chi connectivity index (χ0v) is 12.1. The number of rotatable bonds is 2. The number of para-hydroxylation sites is 1. The molecule has 0 aliphatic heterocycles. The molecule has 3 rings (SSSR count). The molecule has 0 unspecified atom stereocenters. The molecule has 0 fully saturated rings. The normalized spacial score (nSPS) is 11.5. The SMILES string of the molecule is C[n+]1c(/C=C/c2ccc(Br)o2)ccc2ccccc21. The first kappa shape index (κ1) is 12.2. The lowest BCUT2D eigenvalue weighted by atomic mass is 10.2. The van der Waals surface area contributed by atoms with Gasteiger partial charge in [-0.25, -0.2) is 0 Å². The van der Waals surface area contributed by atoms with Crippen molar-refractivity contribution in [3.63, 3.8) is 0 Å². The van der Waals surface area contributed by atoms with E-state index in [1.54, 1.807) is 0 Å². The molecule has 1 aromatic carbocycles. The summed E-state index contributed by atoms with van der Waals surface area (Å²) in [4.78, 5) is 0. The molecule has 3 heteroatoms. The third kappa shape index (κ3) is 2.47. The summed E-state index contributed by atoms with van der Waals surface area (Å²) < 4.78 is 8.37. The highest BCUT2D eigenvalue weighted by Crippen LogP contribution is 2.16. The first-order valence-corrected chi connectivity index (χ1v) is 6.84. The quantitative estimate of drug-likeness (QED) is 0.648. The molecule has 94 valence electrons. The van der Waals surface area contributed by atoms with Crippen LogP contribution in [0.25, 0.3) is 23.1 Å². The molecule has 19 heavy (non-hydrogen) atoms. The van der Waals surface area contributed by atoms with Gasteiger partial charge in [-0.2, -0.15) is 4.57 Å². The minimum absolute atomic E-state index is 0.745. The molecule has 0 aliphatic carbocycles. The predicted molar refractivity (Wildman–Crippen MR) is 80.5 cm³/mol. The number of fused-ring (bicyclic) bond motifs is 1. The Hall–Kier alpha value is -1.87. The van der Waals surface area contributed by atoms with Gasteiger partial charge < -0.3 is 4.42 Å². The van der Waals surface area contributed by atoms with Crippen molar-refractivity contribution in [2.45, 2.75) is 0 Å². The van der Waals surface area contributed by atoms with Crippen LogP contribution in [-0.2, 0) is 7.05 Å². The number of aromatic nitrogens is 1. The van der Waals surface area contributed by atoms with Crippen LogP contribution >= 0.6 is 15.9 Å². The average Bonchev–Trinajstić information content (AvgIpc) is 2.84. The highest BCUT2D eigenvalue weighted by molar-refractivity contribution is 9.10. The molecular weight excluding hydrogens is 302 g/mol. The maximum Gasteiger partial charge on any atom is 0.212 e. The van der Waals surface area contributed by atoms with Crippen molar-refractivity contribution in [2.75, 3.05) is 0 Å². The summed E-state index contributed by atoms with van der Waals surface area (Å²) in [6, 6.07) is 16.4. The number of halogens is 1. The number of aryl methyl sites for hydroxylation is 1. The summed E-state index contributed by atoms with van der Waals surface area (Å²) >= 11 is 3.30. The largest absolute Gasteiger partial charge is 0.450 e. The first-order valence-electron chi connectivity index (χ1n) is 6.05. The van der Waals surface area contributed by atoms with Gasteiger partial charge in [-0.15, -0.1) is 0 Å². The van der Waals surface area contributed by atoms with E-state index in [1.807, 2.05) is 18.2 Å². The molecule has 0 amide bonds. The van der Waals surface area contributed by atoms with Crippen molar-refractivity contribution in [1.82, 2.24) is 0 Å². The van der Waals surface area contributed by atoms with Gasteiger partial charge in [0.2, 0.25) is 11.2 Å². The molecule has 0 saturated heterocycles. The molecule has 0 bridgehead atoms. The molecule has 0 saturated carbocycles. The van der Waals surface area contributed by atoms with Gasteiger partial charge in [0, 0.05) is 23.6 Å². The van der Waals surface area contributed by atoms with Crippen LogP contribution < -0.4 is 4.57 Å². The van der Waals surface area contributed by atoms with Crippen LogP contribution in [0.2, 0.25) is 0 Å². The number of nitrogens with zero attached hydrogens (tertiary/aromatic N) is 1. The van der Waals surface area contributed by atoms with Crippen molar-refractivity contribution < 1.29 is 8.98 Å². The molecule has 0 N–H and O–H groups in total. The van der Waals surface area contributed by atoms with Crippen LogP contribution in [0.3, 0.4) is 0 Å². The van der Waals surface area contributed by atoms with Gasteiger partial charge >= 0.3 is 0 Å². The molecule has 3 aromatic rings. The highest BCUT2D eigenvalue weighted by Gasteiger charge is 2.08. The Balaban J connectivity index is 2.01. The van der Waals surface area contributed by atoms with E-state index < -0.39 is 0 Å². The minimum Gasteiger partial charge on any atom is -0.450 e. The molecule has 0 spiro atoms. The number of hydrogen-bond donors (Lipinski definition) is 0. The zero-order chi connectivity index (χ0) is 13.2. The molecule has 0 aliphatic rings. The van der Waals surface area contributed by atoms with E-state index in [0.29, 0.717) is 0 Å². The van der Waals surface area contributed by atoms with E-state index in [4.69, 9.17) is 4.42 Å². The fraction of sp³-hybridized carbons (Fsp3) is 0.0625. The fourth-order valence-corrected chi connectivity index (χ4v) is 2.43. The monoisotopic (exact) mass is 314 g/mol. The lowest BCUT2D eigenvalue weighted by Gasteiger charge is -1.99. The zero-order valence-electron chi connectivity index (χ0n) is 10.5. The van der Waals surface area contributed by atoms with Crippen molar-refractivity contribution >= 4 is 39.0 Å². The maximum absolute atomic E-state index is 5.45. The Morgan fingerprint density at radius 3 is 2.63 bits per heavy atom. The molecule has 2 nitrogen and oxygen atoms in total. The van der Waals surface area contributed by atoms with Crippen molar-refractivity contribution in [3.8, 4) is 0 Å². The van der Waals surface area contributed by atoms with Gasteiger partial charge in [0.1, 0.15) is 12.8 Å². The van der Waals surface area contributed by atoms with Crippen LogP contribution in [0, 0.1) is 0 Å². The first-order chi connectivity index (χ1) is 9.24. The Kier molecular flexibility index (Phi) is 3.22. The molecule has 2 heterocycles. The van der Waals surface area contributed by atoms with E-state index in [9.17, 15) is 0 Å². The molecule has 2 aromatic heterocycles. The minimum atomic E-state index is 0.745. The number of benzene rings is 1. The summed E-state index contributed by atoms with van der Waals surface area (Å²) in [5.41, 5.74) is 2.34. The van der Waals surface area contributed by atoms with Crippen molar-refractivity contribution in [1.29, 1.82) is 0 Å². The second-order valence-electron chi connectivity index (χ2n) is 4.35. The van der Waals surface area contributed by atoms with Gasteiger partial charge in [-0.1, -0.05) is 12.1 Å². The summed E-state index contributed by atoms with van der Waals surface area (Å²) in [6.45, 7) is 0. The number of hydrogen-bond acceptors (Lipinski definition) is 1. The topological polar surface area (TPSA) is 17.0 Å². The Labute approximate surface area is 120 Å². The van der Waals surface area contributed by atoms with E-state index >= 15 is 0 Å². The van der Waals surface area contributed by atoms with Gasteiger partial charge in [0.25, 0.3) is 0 Å². The number of pyridine rings is 1. The highest BCUT2D eigenvalue weighted by atomic mass is 79.9. The van der Waals surface area contributed by atoms with E-state index in [2.05, 4.69) is 70.0 Å². The van der Waals surface area contributed by atoms with E-state index in [-0.39, 0.29) is 0 Å². The van der Waals surface area contributed by atoms with Crippen LogP contribution in [0.4, 0.5) is 0 Å². The van der Waals surface area contributed by atoms with E-state index in [1.165, 1.54) is 10.9 Å². The predicted octanol–water partition coefficient (Wildman–Crippen LogP) is 4.19. The molecule has 0 atom stereocenters. The number of furan rings is 1. The van der Waals surface area contributed by atoms with Crippen LogP contribution in [0.1, 0.15) is 11.5 Å². The maximum atomic E-state index is 5.45. The molecular formula is C16H13BrNO+. The van der Waals surface area contributed by atoms with Crippen molar-refractivity contribution in [3.05, 3.63) is 64.7 Å². The third-order valence-corrected chi connectivity index (χ3v) is 3.56. The second-order valence-corrected chi connectivity index (χ2v) is 5.13.